The Hall–Kier alpha value is -1.78. The second-order valence-corrected chi connectivity index (χ2v) is 4.69. The Bertz CT molecular complexity index is 457. The Labute approximate surface area is 112 Å². The Kier molecular flexibility index (Phi) is 4.24. The van der Waals surface area contributed by atoms with Crippen LogP contribution in [0, 0.1) is 11.7 Å². The molecule has 104 valence electrons. The van der Waals surface area contributed by atoms with E-state index in [1.54, 1.807) is 13.0 Å². The number of nitrogen functional groups attached to an aromatic ring is 1. The van der Waals surface area contributed by atoms with E-state index in [2.05, 4.69) is 0 Å². The molecular formula is C14H19FN2O2. The standard InChI is InChI=1S/C14H19FN2O2/c1-2-19-14(18)10-6-8-17(9-7-10)12-5-3-4-11(15)13(12)16/h3-5,10H,2,6-9,16H2,1H3. The zero-order valence-electron chi connectivity index (χ0n) is 11.1. The van der Waals surface area contributed by atoms with E-state index in [0.29, 0.717) is 25.4 Å². The number of carbonyl (C=O) groups excluding carboxylic acids is 1. The van der Waals surface area contributed by atoms with Crippen molar-refractivity contribution in [1.82, 2.24) is 0 Å². The average Bonchev–Trinajstić information content (AvgIpc) is 2.42. The van der Waals surface area contributed by atoms with Crippen LogP contribution in [-0.4, -0.2) is 25.7 Å². The van der Waals surface area contributed by atoms with Crippen LogP contribution < -0.4 is 10.6 Å². The third-order valence-corrected chi connectivity index (χ3v) is 3.49. The van der Waals surface area contributed by atoms with Gasteiger partial charge in [-0.15, -0.1) is 0 Å². The predicted molar refractivity (Wildman–Crippen MR) is 72.4 cm³/mol. The van der Waals surface area contributed by atoms with Gasteiger partial charge in [-0.05, 0) is 31.9 Å². The number of ether oxygens (including phenoxy) is 1. The van der Waals surface area contributed by atoms with Gasteiger partial charge in [0.15, 0.2) is 0 Å². The number of benzene rings is 1. The number of halogens is 1. The molecule has 1 aromatic rings. The van der Waals surface area contributed by atoms with Gasteiger partial charge in [-0.2, -0.15) is 0 Å². The van der Waals surface area contributed by atoms with Gasteiger partial charge >= 0.3 is 5.97 Å². The fraction of sp³-hybridized carbons (Fsp3) is 0.500. The van der Waals surface area contributed by atoms with E-state index in [9.17, 15) is 9.18 Å². The minimum absolute atomic E-state index is 0.0500. The zero-order chi connectivity index (χ0) is 13.8. The molecule has 4 nitrogen and oxygen atoms in total. The highest BCUT2D eigenvalue weighted by molar-refractivity contribution is 5.73. The van der Waals surface area contributed by atoms with Crippen LogP contribution in [0.25, 0.3) is 0 Å². The van der Waals surface area contributed by atoms with Crippen LogP contribution in [-0.2, 0) is 9.53 Å². The number of rotatable bonds is 3. The molecule has 0 radical (unpaired) electrons. The van der Waals surface area contributed by atoms with E-state index >= 15 is 0 Å². The van der Waals surface area contributed by atoms with Crippen molar-refractivity contribution >= 4 is 17.3 Å². The number of nitrogens with two attached hydrogens (primary N) is 1. The number of nitrogens with zero attached hydrogens (tertiary/aromatic N) is 1. The smallest absolute Gasteiger partial charge is 0.309 e. The average molecular weight is 266 g/mol. The summed E-state index contributed by atoms with van der Waals surface area (Å²) in [5.41, 5.74) is 6.64. The summed E-state index contributed by atoms with van der Waals surface area (Å²) in [5, 5.41) is 0. The molecule has 0 aliphatic carbocycles. The second-order valence-electron chi connectivity index (χ2n) is 4.69. The molecule has 19 heavy (non-hydrogen) atoms. The summed E-state index contributed by atoms with van der Waals surface area (Å²) in [6.07, 6.45) is 1.43. The van der Waals surface area contributed by atoms with Gasteiger partial charge in [0.1, 0.15) is 5.82 Å². The van der Waals surface area contributed by atoms with Crippen LogP contribution in [0.15, 0.2) is 18.2 Å². The lowest BCUT2D eigenvalue weighted by atomic mass is 9.96. The molecule has 1 aliphatic heterocycles. The molecule has 0 spiro atoms. The second kappa shape index (κ2) is 5.91. The van der Waals surface area contributed by atoms with E-state index in [0.717, 1.165) is 12.8 Å². The molecule has 1 fully saturated rings. The highest BCUT2D eigenvalue weighted by Gasteiger charge is 2.27. The van der Waals surface area contributed by atoms with Gasteiger partial charge in [0, 0.05) is 13.1 Å². The predicted octanol–water partition coefficient (Wildman–Crippen LogP) is 2.19. The number of carbonyl (C=O) groups is 1. The number of esters is 1. The maximum absolute atomic E-state index is 13.4. The minimum Gasteiger partial charge on any atom is -0.466 e. The summed E-state index contributed by atoms with van der Waals surface area (Å²) in [6.45, 7) is 3.60. The van der Waals surface area contributed by atoms with Gasteiger partial charge in [-0.3, -0.25) is 4.79 Å². The monoisotopic (exact) mass is 266 g/mol. The molecule has 0 aromatic heterocycles. The molecule has 0 atom stereocenters. The van der Waals surface area contributed by atoms with Gasteiger partial charge in [0.25, 0.3) is 0 Å². The van der Waals surface area contributed by atoms with Crippen LogP contribution in [0.2, 0.25) is 0 Å². The molecule has 0 saturated carbocycles. The van der Waals surface area contributed by atoms with Gasteiger partial charge in [-0.25, -0.2) is 4.39 Å². The Balaban J connectivity index is 2.00. The lowest BCUT2D eigenvalue weighted by molar-refractivity contribution is -0.148. The fourth-order valence-corrected chi connectivity index (χ4v) is 2.42. The van der Waals surface area contributed by atoms with E-state index in [1.165, 1.54) is 6.07 Å². The Morgan fingerprint density at radius 1 is 1.47 bits per heavy atom. The van der Waals surface area contributed by atoms with Crippen molar-refractivity contribution in [3.05, 3.63) is 24.0 Å². The maximum Gasteiger partial charge on any atom is 0.309 e. The number of anilines is 2. The van der Waals surface area contributed by atoms with Gasteiger partial charge in [-0.1, -0.05) is 6.07 Å². The van der Waals surface area contributed by atoms with Gasteiger partial charge in [0.2, 0.25) is 0 Å². The molecule has 2 rings (SSSR count). The van der Waals surface area contributed by atoms with E-state index < -0.39 is 5.82 Å². The third-order valence-electron chi connectivity index (χ3n) is 3.49. The van der Waals surface area contributed by atoms with Gasteiger partial charge in [0.05, 0.1) is 23.9 Å². The first-order chi connectivity index (χ1) is 9.13. The maximum atomic E-state index is 13.4. The fourth-order valence-electron chi connectivity index (χ4n) is 2.42. The third kappa shape index (κ3) is 2.97. The van der Waals surface area contributed by atoms with E-state index in [-0.39, 0.29) is 17.6 Å². The molecule has 5 heteroatoms. The lowest BCUT2D eigenvalue weighted by Crippen LogP contribution is -2.37. The Morgan fingerprint density at radius 3 is 2.79 bits per heavy atom. The molecule has 0 unspecified atom stereocenters. The summed E-state index contributed by atoms with van der Waals surface area (Å²) in [5.74, 6) is -0.578. The van der Waals surface area contributed by atoms with Crippen molar-refractivity contribution in [2.75, 3.05) is 30.3 Å². The van der Waals surface area contributed by atoms with Crippen LogP contribution in [0.3, 0.4) is 0 Å². The summed E-state index contributed by atoms with van der Waals surface area (Å²) < 4.78 is 18.4. The van der Waals surface area contributed by atoms with Crippen molar-refractivity contribution in [1.29, 1.82) is 0 Å². The topological polar surface area (TPSA) is 55.6 Å². The van der Waals surface area contributed by atoms with E-state index in [4.69, 9.17) is 10.5 Å². The van der Waals surface area contributed by atoms with Crippen molar-refractivity contribution < 1.29 is 13.9 Å². The first kappa shape index (κ1) is 13.6. The quantitative estimate of drug-likeness (QED) is 0.673. The van der Waals surface area contributed by atoms with Crippen LogP contribution in [0.1, 0.15) is 19.8 Å². The molecule has 1 heterocycles. The van der Waals surface area contributed by atoms with Crippen LogP contribution >= 0.6 is 0 Å². The van der Waals surface area contributed by atoms with Crippen molar-refractivity contribution in [2.24, 2.45) is 5.92 Å². The summed E-state index contributed by atoms with van der Waals surface area (Å²) in [6, 6.07) is 4.81. The summed E-state index contributed by atoms with van der Waals surface area (Å²) >= 11 is 0. The van der Waals surface area contributed by atoms with Crippen LogP contribution in [0.4, 0.5) is 15.8 Å². The molecule has 1 aliphatic rings. The number of hydrogen-bond donors (Lipinski definition) is 1. The van der Waals surface area contributed by atoms with Gasteiger partial charge < -0.3 is 15.4 Å². The molecule has 1 saturated heterocycles. The molecule has 0 bridgehead atoms. The van der Waals surface area contributed by atoms with Crippen molar-refractivity contribution in [2.45, 2.75) is 19.8 Å². The molecular weight excluding hydrogens is 247 g/mol. The largest absolute Gasteiger partial charge is 0.466 e. The summed E-state index contributed by atoms with van der Waals surface area (Å²) in [4.78, 5) is 13.7. The number of hydrogen-bond acceptors (Lipinski definition) is 4. The first-order valence-electron chi connectivity index (χ1n) is 6.59. The molecule has 2 N–H and O–H groups in total. The molecule has 0 amide bonds. The number of piperidine rings is 1. The lowest BCUT2D eigenvalue weighted by Gasteiger charge is -2.33. The number of para-hydroxylation sites is 1. The van der Waals surface area contributed by atoms with Crippen molar-refractivity contribution in [3.8, 4) is 0 Å². The van der Waals surface area contributed by atoms with Crippen molar-refractivity contribution in [3.63, 3.8) is 0 Å². The van der Waals surface area contributed by atoms with Crippen LogP contribution in [0.5, 0.6) is 0 Å². The zero-order valence-corrected chi connectivity index (χ0v) is 11.1. The normalized spacial score (nSPS) is 16.4. The highest BCUT2D eigenvalue weighted by Crippen LogP contribution is 2.29. The molecule has 1 aromatic carbocycles. The first-order valence-corrected chi connectivity index (χ1v) is 6.59. The summed E-state index contributed by atoms with van der Waals surface area (Å²) in [7, 11) is 0. The SMILES string of the molecule is CCOC(=O)C1CCN(c2cccc(F)c2N)CC1. The van der Waals surface area contributed by atoms with E-state index in [1.807, 2.05) is 11.0 Å². The Morgan fingerprint density at radius 2 is 2.16 bits per heavy atom. The highest BCUT2D eigenvalue weighted by atomic mass is 19.1. The minimum atomic E-state index is -0.398.